The van der Waals surface area contributed by atoms with Crippen LogP contribution in [-0.4, -0.2) is 29.6 Å². The molecule has 0 bridgehead atoms. The van der Waals surface area contributed by atoms with Gasteiger partial charge in [-0.25, -0.2) is 0 Å². The Morgan fingerprint density at radius 1 is 1.47 bits per heavy atom. The molecule has 2 N–H and O–H groups in total. The third-order valence-electron chi connectivity index (χ3n) is 2.03. The maximum absolute atomic E-state index is 12.1. The second-order valence-electron chi connectivity index (χ2n) is 3.06. The normalized spacial score (nSPS) is 21.5. The Balaban J connectivity index is 2.96. The number of carbonyl (C=O) groups is 2. The molecule has 0 spiro atoms. The molecule has 1 aliphatic rings. The van der Waals surface area contributed by atoms with Crippen LogP contribution in [0.5, 0.6) is 0 Å². The van der Waals surface area contributed by atoms with E-state index >= 15 is 0 Å². The highest BCUT2D eigenvalue weighted by Gasteiger charge is 2.44. The smallest absolute Gasteiger partial charge is 0.454 e. The van der Waals surface area contributed by atoms with Crippen LogP contribution in [0.1, 0.15) is 6.42 Å². The van der Waals surface area contributed by atoms with Crippen molar-refractivity contribution < 1.29 is 27.9 Å². The predicted octanol–water partition coefficient (Wildman–Crippen LogP) is 0.696. The summed E-state index contributed by atoms with van der Waals surface area (Å²) in [5, 5.41) is 11.1. The summed E-state index contributed by atoms with van der Waals surface area (Å²) in [6.07, 6.45) is -4.22. The van der Waals surface area contributed by atoms with E-state index in [1.807, 2.05) is 0 Å². The summed E-state index contributed by atoms with van der Waals surface area (Å²) in [7, 11) is 0. The Morgan fingerprint density at radius 2 is 2.07 bits per heavy atom. The molecule has 0 aromatic carbocycles. The molecule has 0 aromatic rings. The number of carboxylic acid groups (broad SMARTS) is 1. The standard InChI is InChI=1S/C8H8F3NO3/c9-8(10,11)6(13)5-3-12-2-1-4(5)7(14)15/h3-4,12H,1-2H2,(H,14,15). The van der Waals surface area contributed by atoms with Crippen molar-refractivity contribution in [2.45, 2.75) is 12.6 Å². The van der Waals surface area contributed by atoms with Crippen molar-refractivity contribution >= 4 is 11.8 Å². The number of hydrogen-bond acceptors (Lipinski definition) is 3. The van der Waals surface area contributed by atoms with Crippen molar-refractivity contribution in [1.29, 1.82) is 0 Å². The van der Waals surface area contributed by atoms with Crippen LogP contribution in [0.15, 0.2) is 11.8 Å². The van der Waals surface area contributed by atoms with E-state index in [-0.39, 0.29) is 13.0 Å². The van der Waals surface area contributed by atoms with E-state index in [9.17, 15) is 22.8 Å². The van der Waals surface area contributed by atoms with E-state index < -0.39 is 29.4 Å². The first-order valence-electron chi connectivity index (χ1n) is 4.12. The van der Waals surface area contributed by atoms with Crippen molar-refractivity contribution in [1.82, 2.24) is 5.32 Å². The maximum atomic E-state index is 12.1. The molecule has 1 rings (SSSR count). The molecule has 0 radical (unpaired) electrons. The number of aliphatic carboxylic acids is 1. The van der Waals surface area contributed by atoms with Crippen LogP contribution in [-0.2, 0) is 9.59 Å². The van der Waals surface area contributed by atoms with Crippen LogP contribution in [0, 0.1) is 5.92 Å². The van der Waals surface area contributed by atoms with E-state index in [2.05, 4.69) is 5.32 Å². The number of ketones is 1. The molecule has 0 aromatic heterocycles. The number of nitrogens with one attached hydrogen (secondary N) is 1. The molecule has 1 atom stereocenters. The average Bonchev–Trinajstić information content (AvgIpc) is 2.15. The molecule has 1 heterocycles. The van der Waals surface area contributed by atoms with E-state index in [0.717, 1.165) is 6.20 Å². The SMILES string of the molecule is O=C(O)C1CCNC=C1C(=O)C(F)(F)F. The van der Waals surface area contributed by atoms with Gasteiger partial charge in [0, 0.05) is 18.3 Å². The number of rotatable bonds is 2. The van der Waals surface area contributed by atoms with E-state index in [1.54, 1.807) is 0 Å². The lowest BCUT2D eigenvalue weighted by molar-refractivity contribution is -0.168. The number of carboxylic acids is 1. The van der Waals surface area contributed by atoms with Crippen LogP contribution in [0.2, 0.25) is 0 Å². The molecular formula is C8H8F3NO3. The summed E-state index contributed by atoms with van der Waals surface area (Å²) in [5.74, 6) is -4.89. The third kappa shape index (κ3) is 2.48. The first-order valence-corrected chi connectivity index (χ1v) is 4.12. The van der Waals surface area contributed by atoms with Gasteiger partial charge in [0.1, 0.15) is 0 Å². The topological polar surface area (TPSA) is 66.4 Å². The van der Waals surface area contributed by atoms with Crippen LogP contribution in [0.25, 0.3) is 0 Å². The Labute approximate surface area is 82.8 Å². The highest BCUT2D eigenvalue weighted by atomic mass is 19.4. The molecule has 4 nitrogen and oxygen atoms in total. The molecule has 0 saturated heterocycles. The lowest BCUT2D eigenvalue weighted by atomic mass is 9.91. The minimum absolute atomic E-state index is 0.0248. The molecule has 84 valence electrons. The molecule has 0 aliphatic carbocycles. The highest BCUT2D eigenvalue weighted by molar-refractivity contribution is 6.03. The number of hydrogen-bond donors (Lipinski definition) is 2. The summed E-state index contributed by atoms with van der Waals surface area (Å²) in [4.78, 5) is 21.4. The zero-order valence-electron chi connectivity index (χ0n) is 7.47. The fourth-order valence-electron chi connectivity index (χ4n) is 1.31. The monoisotopic (exact) mass is 223 g/mol. The summed E-state index contributed by atoms with van der Waals surface area (Å²) < 4.78 is 36.2. The fraction of sp³-hybridized carbons (Fsp3) is 0.500. The Bertz CT molecular complexity index is 322. The number of alkyl halides is 3. The van der Waals surface area contributed by atoms with Gasteiger partial charge in [-0.3, -0.25) is 9.59 Å². The Morgan fingerprint density at radius 3 is 2.53 bits per heavy atom. The maximum Gasteiger partial charge on any atom is 0.454 e. The van der Waals surface area contributed by atoms with Crippen LogP contribution in [0.3, 0.4) is 0 Å². The van der Waals surface area contributed by atoms with Crippen molar-refractivity contribution in [3.63, 3.8) is 0 Å². The van der Waals surface area contributed by atoms with Crippen molar-refractivity contribution in [2.24, 2.45) is 5.92 Å². The van der Waals surface area contributed by atoms with Crippen molar-refractivity contribution in [3.05, 3.63) is 11.8 Å². The van der Waals surface area contributed by atoms with Gasteiger partial charge in [-0.15, -0.1) is 0 Å². The molecule has 1 unspecified atom stereocenters. The van der Waals surface area contributed by atoms with Gasteiger partial charge in [0.2, 0.25) is 0 Å². The van der Waals surface area contributed by atoms with Gasteiger partial charge in [0.05, 0.1) is 5.92 Å². The number of halogens is 3. The quantitative estimate of drug-likeness (QED) is 0.723. The number of carbonyl (C=O) groups excluding carboxylic acids is 1. The molecule has 0 saturated carbocycles. The van der Waals surface area contributed by atoms with Crippen LogP contribution in [0.4, 0.5) is 13.2 Å². The summed E-state index contributed by atoms with van der Waals surface area (Å²) in [6.45, 7) is 0.242. The molecule has 7 heteroatoms. The molecular weight excluding hydrogens is 215 g/mol. The minimum atomic E-state index is -5.03. The summed E-state index contributed by atoms with van der Waals surface area (Å²) in [5.41, 5.74) is -0.735. The Hall–Kier alpha value is -1.53. The van der Waals surface area contributed by atoms with Crippen LogP contribution >= 0.6 is 0 Å². The fourth-order valence-corrected chi connectivity index (χ4v) is 1.31. The Kier molecular flexibility index (Phi) is 3.01. The first kappa shape index (κ1) is 11.5. The molecule has 15 heavy (non-hydrogen) atoms. The summed E-state index contributed by atoms with van der Waals surface area (Å²) >= 11 is 0. The molecule has 0 fully saturated rings. The first-order chi connectivity index (χ1) is 6.84. The summed E-state index contributed by atoms with van der Waals surface area (Å²) in [6, 6.07) is 0. The lowest BCUT2D eigenvalue weighted by Crippen LogP contribution is -2.36. The third-order valence-corrected chi connectivity index (χ3v) is 2.03. The number of Topliss-reactive ketones (excluding diaryl/α,β-unsaturated/α-hetero) is 1. The predicted molar refractivity (Wildman–Crippen MR) is 42.9 cm³/mol. The second kappa shape index (κ2) is 3.92. The van der Waals surface area contributed by atoms with E-state index in [4.69, 9.17) is 5.11 Å². The lowest BCUT2D eigenvalue weighted by Gasteiger charge is -2.21. The average molecular weight is 223 g/mol. The van der Waals surface area contributed by atoms with E-state index in [0.29, 0.717) is 0 Å². The van der Waals surface area contributed by atoms with Crippen LogP contribution < -0.4 is 5.32 Å². The van der Waals surface area contributed by atoms with Gasteiger partial charge in [-0.2, -0.15) is 13.2 Å². The van der Waals surface area contributed by atoms with Crippen molar-refractivity contribution in [3.8, 4) is 0 Å². The van der Waals surface area contributed by atoms with Gasteiger partial charge in [0.15, 0.2) is 0 Å². The van der Waals surface area contributed by atoms with Gasteiger partial charge in [-0.1, -0.05) is 0 Å². The van der Waals surface area contributed by atoms with Gasteiger partial charge in [0.25, 0.3) is 5.78 Å². The highest BCUT2D eigenvalue weighted by Crippen LogP contribution is 2.27. The zero-order valence-corrected chi connectivity index (χ0v) is 7.47. The van der Waals surface area contributed by atoms with Crippen molar-refractivity contribution in [2.75, 3.05) is 6.54 Å². The largest absolute Gasteiger partial charge is 0.481 e. The molecule has 0 amide bonds. The van der Waals surface area contributed by atoms with Gasteiger partial charge in [-0.05, 0) is 6.42 Å². The van der Waals surface area contributed by atoms with Gasteiger partial charge < -0.3 is 10.4 Å². The van der Waals surface area contributed by atoms with E-state index in [1.165, 1.54) is 0 Å². The molecule has 1 aliphatic heterocycles. The zero-order chi connectivity index (χ0) is 11.6. The minimum Gasteiger partial charge on any atom is -0.481 e. The second-order valence-corrected chi connectivity index (χ2v) is 3.06. The van der Waals surface area contributed by atoms with Gasteiger partial charge >= 0.3 is 12.1 Å².